The molecule has 0 spiro atoms. The Morgan fingerprint density at radius 2 is 1.97 bits per heavy atom. The first kappa shape index (κ1) is 23.7. The number of amides is 1. The van der Waals surface area contributed by atoms with E-state index >= 15 is 0 Å². The molecule has 3 aromatic rings. The molecular formula is C25H30Cl2N4O2. The molecule has 2 aromatic carbocycles. The van der Waals surface area contributed by atoms with Crippen molar-refractivity contribution in [2.24, 2.45) is 0 Å². The van der Waals surface area contributed by atoms with Gasteiger partial charge in [0.05, 0.1) is 17.6 Å². The molecule has 1 amide bonds. The van der Waals surface area contributed by atoms with Crippen LogP contribution < -0.4 is 10.2 Å². The van der Waals surface area contributed by atoms with E-state index in [9.17, 15) is 4.79 Å². The first-order valence-electron chi connectivity index (χ1n) is 11.3. The van der Waals surface area contributed by atoms with Crippen LogP contribution in [0.3, 0.4) is 0 Å². The average molecular weight is 489 g/mol. The van der Waals surface area contributed by atoms with E-state index in [-0.39, 0.29) is 6.04 Å². The highest BCUT2D eigenvalue weighted by Crippen LogP contribution is 2.31. The Morgan fingerprint density at radius 3 is 2.73 bits per heavy atom. The summed E-state index contributed by atoms with van der Waals surface area (Å²) in [4.78, 5) is 19.6. The van der Waals surface area contributed by atoms with Crippen molar-refractivity contribution >= 4 is 46.3 Å². The number of para-hydroxylation sites is 2. The molecule has 1 atom stereocenters. The van der Waals surface area contributed by atoms with Crippen LogP contribution in [0.25, 0.3) is 11.0 Å². The van der Waals surface area contributed by atoms with Gasteiger partial charge in [-0.1, -0.05) is 41.4 Å². The number of fused-ring (bicyclic) bond motifs is 1. The third kappa shape index (κ3) is 5.74. The van der Waals surface area contributed by atoms with Crippen LogP contribution in [0, 0.1) is 0 Å². The Bertz CT molecular complexity index is 1140. The summed E-state index contributed by atoms with van der Waals surface area (Å²) in [5, 5.41) is 4.20. The number of imidazole rings is 1. The molecule has 6 nitrogen and oxygen atoms in total. The first-order chi connectivity index (χ1) is 15.7. The summed E-state index contributed by atoms with van der Waals surface area (Å²) in [6.07, 6.45) is 2.77. The summed E-state index contributed by atoms with van der Waals surface area (Å²) in [5.74, 6) is 0.887. The van der Waals surface area contributed by atoms with Crippen LogP contribution in [0.15, 0.2) is 42.5 Å². The van der Waals surface area contributed by atoms with Gasteiger partial charge in [0.2, 0.25) is 5.95 Å². The molecule has 1 aliphatic heterocycles. The maximum Gasteiger partial charge on any atom is 0.407 e. The summed E-state index contributed by atoms with van der Waals surface area (Å²) >= 11 is 12.6. The molecule has 2 heterocycles. The molecular weight excluding hydrogens is 459 g/mol. The maximum atomic E-state index is 12.3. The molecule has 0 bridgehead atoms. The number of piperidine rings is 1. The van der Waals surface area contributed by atoms with Gasteiger partial charge >= 0.3 is 6.09 Å². The fraction of sp³-hybridized carbons (Fsp3) is 0.440. The summed E-state index contributed by atoms with van der Waals surface area (Å²) in [5.41, 5.74) is 2.43. The number of ether oxygens (including phenoxy) is 1. The normalized spacial score (nSPS) is 16.8. The summed E-state index contributed by atoms with van der Waals surface area (Å²) in [6.45, 7) is 7.55. The minimum absolute atomic E-state index is 0.127. The number of benzene rings is 2. The van der Waals surface area contributed by atoms with E-state index in [0.717, 1.165) is 48.4 Å². The van der Waals surface area contributed by atoms with E-state index < -0.39 is 11.7 Å². The number of carbonyl (C=O) groups is 1. The minimum atomic E-state index is -0.526. The van der Waals surface area contributed by atoms with Crippen molar-refractivity contribution in [3.05, 3.63) is 58.1 Å². The lowest BCUT2D eigenvalue weighted by atomic mass is 10.0. The highest BCUT2D eigenvalue weighted by atomic mass is 35.5. The summed E-state index contributed by atoms with van der Waals surface area (Å²) in [7, 11) is 0. The van der Waals surface area contributed by atoms with Crippen LogP contribution in [0.2, 0.25) is 10.0 Å². The van der Waals surface area contributed by atoms with Crippen molar-refractivity contribution < 1.29 is 9.53 Å². The van der Waals surface area contributed by atoms with Gasteiger partial charge in [0.15, 0.2) is 0 Å². The quantitative estimate of drug-likeness (QED) is 0.459. The van der Waals surface area contributed by atoms with E-state index in [1.54, 1.807) is 6.07 Å². The Labute approximate surface area is 204 Å². The second-order valence-corrected chi connectivity index (χ2v) is 10.3. The van der Waals surface area contributed by atoms with Gasteiger partial charge in [-0.3, -0.25) is 0 Å². The predicted molar refractivity (Wildman–Crippen MR) is 135 cm³/mol. The van der Waals surface area contributed by atoms with E-state index in [1.807, 2.05) is 51.1 Å². The minimum Gasteiger partial charge on any atom is -0.444 e. The standard InChI is InChI=1S/C25H30Cl2N4O2/c1-25(2,3)33-24(32)28-15-19-8-6-7-13-30(19)23-29-21-9-4-5-10-22(21)31(23)16-17-11-12-18(26)14-20(17)27/h4-5,9-12,14,19H,6-8,13,15-16H2,1-3H3,(H,28,32)/t19-/m1/s1. The molecule has 1 aliphatic rings. The van der Waals surface area contributed by atoms with Gasteiger partial charge < -0.3 is 19.5 Å². The number of nitrogens with zero attached hydrogens (tertiary/aromatic N) is 3. The predicted octanol–water partition coefficient (Wildman–Crippen LogP) is 6.28. The number of anilines is 1. The van der Waals surface area contributed by atoms with Crippen molar-refractivity contribution in [2.45, 2.75) is 58.2 Å². The van der Waals surface area contributed by atoms with Gasteiger partial charge in [-0.05, 0) is 69.9 Å². The third-order valence-corrected chi connectivity index (χ3v) is 6.33. The number of carbonyl (C=O) groups excluding carboxylic acids is 1. The van der Waals surface area contributed by atoms with Crippen molar-refractivity contribution in [3.63, 3.8) is 0 Å². The Hall–Kier alpha value is -2.44. The van der Waals surface area contributed by atoms with Crippen LogP contribution in [0.4, 0.5) is 10.7 Å². The van der Waals surface area contributed by atoms with Crippen molar-refractivity contribution in [2.75, 3.05) is 18.0 Å². The smallest absolute Gasteiger partial charge is 0.407 e. The van der Waals surface area contributed by atoms with Gasteiger partial charge in [-0.2, -0.15) is 0 Å². The van der Waals surface area contributed by atoms with Gasteiger partial charge in [0.1, 0.15) is 5.60 Å². The van der Waals surface area contributed by atoms with E-state index in [1.165, 1.54) is 0 Å². The van der Waals surface area contributed by atoms with Gasteiger partial charge in [0.25, 0.3) is 0 Å². The van der Waals surface area contributed by atoms with Gasteiger partial charge in [-0.15, -0.1) is 0 Å². The molecule has 0 aliphatic carbocycles. The molecule has 1 aromatic heterocycles. The molecule has 8 heteroatoms. The summed E-state index contributed by atoms with van der Waals surface area (Å²) in [6, 6.07) is 13.8. The van der Waals surface area contributed by atoms with Crippen LogP contribution in [0.1, 0.15) is 45.6 Å². The van der Waals surface area contributed by atoms with Crippen LogP contribution in [-0.2, 0) is 11.3 Å². The van der Waals surface area contributed by atoms with E-state index in [0.29, 0.717) is 23.1 Å². The zero-order chi connectivity index (χ0) is 23.6. The van der Waals surface area contributed by atoms with Crippen LogP contribution >= 0.6 is 23.2 Å². The highest BCUT2D eigenvalue weighted by Gasteiger charge is 2.28. The lowest BCUT2D eigenvalue weighted by Gasteiger charge is -2.37. The number of hydrogen-bond donors (Lipinski definition) is 1. The molecule has 1 saturated heterocycles. The van der Waals surface area contributed by atoms with Crippen molar-refractivity contribution in [3.8, 4) is 0 Å². The third-order valence-electron chi connectivity index (χ3n) is 5.74. The van der Waals surface area contributed by atoms with Gasteiger partial charge in [-0.25, -0.2) is 9.78 Å². The highest BCUT2D eigenvalue weighted by molar-refractivity contribution is 6.35. The Kier molecular flexibility index (Phi) is 7.05. The molecule has 0 radical (unpaired) electrons. The molecule has 176 valence electrons. The molecule has 0 unspecified atom stereocenters. The van der Waals surface area contributed by atoms with E-state index in [4.69, 9.17) is 32.9 Å². The number of aromatic nitrogens is 2. The molecule has 4 rings (SSSR count). The fourth-order valence-electron chi connectivity index (χ4n) is 4.25. The Balaban J connectivity index is 1.64. The number of alkyl carbamates (subject to hydrolysis) is 1. The summed E-state index contributed by atoms with van der Waals surface area (Å²) < 4.78 is 7.63. The number of nitrogens with one attached hydrogen (secondary N) is 1. The number of halogens is 2. The molecule has 33 heavy (non-hydrogen) atoms. The Morgan fingerprint density at radius 1 is 1.18 bits per heavy atom. The first-order valence-corrected chi connectivity index (χ1v) is 12.1. The molecule has 0 saturated carbocycles. The zero-order valence-corrected chi connectivity index (χ0v) is 20.8. The maximum absolute atomic E-state index is 12.3. The zero-order valence-electron chi connectivity index (χ0n) is 19.3. The van der Waals surface area contributed by atoms with Crippen LogP contribution in [0.5, 0.6) is 0 Å². The molecule has 1 fully saturated rings. The topological polar surface area (TPSA) is 59.4 Å². The van der Waals surface area contributed by atoms with Crippen molar-refractivity contribution in [1.82, 2.24) is 14.9 Å². The largest absolute Gasteiger partial charge is 0.444 e. The second kappa shape index (κ2) is 9.82. The SMILES string of the molecule is CC(C)(C)OC(=O)NC[C@H]1CCCCN1c1nc2ccccc2n1Cc1ccc(Cl)cc1Cl. The van der Waals surface area contributed by atoms with Gasteiger partial charge in [0, 0.05) is 29.2 Å². The number of rotatable bonds is 5. The lowest BCUT2D eigenvalue weighted by Crippen LogP contribution is -2.48. The lowest BCUT2D eigenvalue weighted by molar-refractivity contribution is 0.0522. The van der Waals surface area contributed by atoms with E-state index in [2.05, 4.69) is 20.9 Å². The average Bonchev–Trinajstić information content (AvgIpc) is 3.11. The monoisotopic (exact) mass is 488 g/mol. The fourth-order valence-corrected chi connectivity index (χ4v) is 4.72. The van der Waals surface area contributed by atoms with Crippen LogP contribution in [-0.4, -0.2) is 40.4 Å². The number of hydrogen-bond acceptors (Lipinski definition) is 4. The molecule has 1 N–H and O–H groups in total. The van der Waals surface area contributed by atoms with Crippen molar-refractivity contribution in [1.29, 1.82) is 0 Å². The second-order valence-electron chi connectivity index (χ2n) is 9.45.